The molecule has 1 unspecified atom stereocenters. The first-order chi connectivity index (χ1) is 12.7. The predicted molar refractivity (Wildman–Crippen MR) is 98.5 cm³/mol. The Labute approximate surface area is 152 Å². The molecule has 0 aliphatic carbocycles. The molecular weight excluding hydrogens is 333 g/mol. The summed E-state index contributed by atoms with van der Waals surface area (Å²) in [6.45, 7) is 1.43. The zero-order valence-corrected chi connectivity index (χ0v) is 14.7. The minimum Gasteiger partial charge on any atom is -0.496 e. The minimum atomic E-state index is -0.286. The van der Waals surface area contributed by atoms with E-state index in [0.29, 0.717) is 24.3 Å². The molecule has 3 heterocycles. The lowest BCUT2D eigenvalue weighted by atomic mass is 9.99. The third kappa shape index (κ3) is 3.12. The molecule has 2 aromatic rings. The van der Waals surface area contributed by atoms with Crippen molar-refractivity contribution in [3.05, 3.63) is 59.7 Å². The second-order valence-electron chi connectivity index (χ2n) is 6.72. The molecule has 26 heavy (non-hydrogen) atoms. The maximum atomic E-state index is 14.3. The van der Waals surface area contributed by atoms with E-state index in [0.717, 1.165) is 30.1 Å². The van der Waals surface area contributed by atoms with Gasteiger partial charge in [-0.05, 0) is 36.3 Å². The van der Waals surface area contributed by atoms with Gasteiger partial charge >= 0.3 is 0 Å². The smallest absolute Gasteiger partial charge is 0.134 e. The Morgan fingerprint density at radius 2 is 2.12 bits per heavy atom. The van der Waals surface area contributed by atoms with Gasteiger partial charge in [-0.1, -0.05) is 12.1 Å². The first-order valence-electron chi connectivity index (χ1n) is 8.83. The third-order valence-corrected chi connectivity index (χ3v) is 5.00. The Balaban J connectivity index is 1.54. The molecule has 0 saturated carbocycles. The summed E-state index contributed by atoms with van der Waals surface area (Å²) in [5.41, 5.74) is 2.28. The largest absolute Gasteiger partial charge is 0.496 e. The van der Waals surface area contributed by atoms with Crippen LogP contribution in [0.25, 0.3) is 5.57 Å². The van der Waals surface area contributed by atoms with Crippen LogP contribution in [0.15, 0.2) is 42.6 Å². The van der Waals surface area contributed by atoms with Crippen LogP contribution < -0.4 is 15.0 Å². The van der Waals surface area contributed by atoms with Gasteiger partial charge in [0, 0.05) is 25.7 Å². The van der Waals surface area contributed by atoms with Crippen LogP contribution >= 0.6 is 0 Å². The Kier molecular flexibility index (Phi) is 4.51. The molecular formula is C20H22FN3O2. The normalized spacial score (nSPS) is 22.3. The van der Waals surface area contributed by atoms with E-state index < -0.39 is 0 Å². The number of methoxy groups -OCH3 is 1. The van der Waals surface area contributed by atoms with Crippen molar-refractivity contribution < 1.29 is 14.2 Å². The summed E-state index contributed by atoms with van der Waals surface area (Å²) in [4.78, 5) is 6.85. The summed E-state index contributed by atoms with van der Waals surface area (Å²) in [6, 6.07) is 10.8. The van der Waals surface area contributed by atoms with Gasteiger partial charge in [0.2, 0.25) is 0 Å². The fraction of sp³-hybridized carbons (Fsp3) is 0.350. The number of anilines is 1. The number of aromatic nitrogens is 1. The molecule has 1 aromatic heterocycles. The average molecular weight is 355 g/mol. The lowest BCUT2D eigenvalue weighted by Gasteiger charge is -2.19. The number of pyridine rings is 1. The van der Waals surface area contributed by atoms with E-state index in [9.17, 15) is 9.50 Å². The maximum absolute atomic E-state index is 14.3. The summed E-state index contributed by atoms with van der Waals surface area (Å²) < 4.78 is 19.7. The molecule has 1 saturated heterocycles. The molecule has 1 fully saturated rings. The molecule has 2 aliphatic rings. The van der Waals surface area contributed by atoms with E-state index in [2.05, 4.69) is 10.2 Å². The number of β-amino-alcohol motifs (C(OH)–C–C–N with tert-alkyl or cyclic N) is 1. The average Bonchev–Trinajstić information content (AvgIpc) is 3.31. The number of halogens is 1. The SMILES string of the molecule is COc1cccc(F)c1C1=CNC(c2cccc(N3CC[C@@H](O)C3)n2)C1. The van der Waals surface area contributed by atoms with Crippen LogP contribution in [-0.4, -0.2) is 36.4 Å². The van der Waals surface area contributed by atoms with Gasteiger partial charge in [-0.2, -0.15) is 0 Å². The monoisotopic (exact) mass is 355 g/mol. The number of hydrogen-bond acceptors (Lipinski definition) is 5. The van der Waals surface area contributed by atoms with Gasteiger partial charge in [0.05, 0.1) is 30.5 Å². The number of benzene rings is 1. The van der Waals surface area contributed by atoms with Crippen LogP contribution in [0.3, 0.4) is 0 Å². The van der Waals surface area contributed by atoms with E-state index in [1.54, 1.807) is 19.2 Å². The van der Waals surface area contributed by atoms with Crippen LogP contribution in [0.5, 0.6) is 5.75 Å². The van der Waals surface area contributed by atoms with Crippen LogP contribution in [0, 0.1) is 5.82 Å². The van der Waals surface area contributed by atoms with Crippen LogP contribution in [-0.2, 0) is 0 Å². The Morgan fingerprint density at radius 1 is 1.27 bits per heavy atom. The summed E-state index contributed by atoms with van der Waals surface area (Å²) in [7, 11) is 1.55. The van der Waals surface area contributed by atoms with Crippen LogP contribution in [0.2, 0.25) is 0 Å². The van der Waals surface area contributed by atoms with Crippen molar-refractivity contribution in [1.82, 2.24) is 10.3 Å². The van der Waals surface area contributed by atoms with Gasteiger partial charge in [0.1, 0.15) is 17.4 Å². The van der Waals surface area contributed by atoms with E-state index in [-0.39, 0.29) is 18.0 Å². The number of hydrogen-bond donors (Lipinski definition) is 2. The van der Waals surface area contributed by atoms with Gasteiger partial charge in [0.25, 0.3) is 0 Å². The van der Waals surface area contributed by atoms with Gasteiger partial charge in [-0.25, -0.2) is 9.37 Å². The predicted octanol–water partition coefficient (Wildman–Crippen LogP) is 2.88. The molecule has 6 heteroatoms. The maximum Gasteiger partial charge on any atom is 0.134 e. The van der Waals surface area contributed by atoms with Crippen molar-refractivity contribution in [2.75, 3.05) is 25.1 Å². The molecule has 0 bridgehead atoms. The van der Waals surface area contributed by atoms with Gasteiger partial charge < -0.3 is 20.1 Å². The van der Waals surface area contributed by atoms with Crippen molar-refractivity contribution in [2.24, 2.45) is 0 Å². The molecule has 2 aliphatic heterocycles. The van der Waals surface area contributed by atoms with Gasteiger partial charge in [-0.15, -0.1) is 0 Å². The van der Waals surface area contributed by atoms with Gasteiger partial charge in [-0.3, -0.25) is 0 Å². The number of nitrogens with one attached hydrogen (secondary N) is 1. The first-order valence-corrected chi connectivity index (χ1v) is 8.83. The minimum absolute atomic E-state index is 0.0122. The standard InChI is InChI=1S/C20H22FN3O2/c1-26-18-6-2-4-15(21)20(18)13-10-17(22-11-13)16-5-3-7-19(23-16)24-9-8-14(25)12-24/h2-7,11,14,17,22,25H,8-10,12H2,1H3/t14-,17?/m1/s1. The molecule has 0 spiro atoms. The van der Waals surface area contributed by atoms with E-state index >= 15 is 0 Å². The first kappa shape index (κ1) is 16.8. The Morgan fingerprint density at radius 3 is 2.88 bits per heavy atom. The van der Waals surface area contributed by atoms with Crippen molar-refractivity contribution in [3.63, 3.8) is 0 Å². The van der Waals surface area contributed by atoms with Crippen LogP contribution in [0.1, 0.15) is 30.1 Å². The summed E-state index contributed by atoms with van der Waals surface area (Å²) in [6.07, 6.45) is 2.97. The molecule has 2 N–H and O–H groups in total. The molecule has 136 valence electrons. The lowest BCUT2D eigenvalue weighted by Crippen LogP contribution is -2.23. The molecule has 0 amide bonds. The number of aliphatic hydroxyl groups excluding tert-OH is 1. The summed E-state index contributed by atoms with van der Waals surface area (Å²) >= 11 is 0. The highest BCUT2D eigenvalue weighted by Gasteiger charge is 2.26. The highest BCUT2D eigenvalue weighted by atomic mass is 19.1. The number of aliphatic hydroxyl groups is 1. The van der Waals surface area contributed by atoms with Crippen molar-refractivity contribution in [3.8, 4) is 5.75 Å². The molecule has 4 rings (SSSR count). The Hall–Kier alpha value is -2.60. The van der Waals surface area contributed by atoms with E-state index in [4.69, 9.17) is 9.72 Å². The summed E-state index contributed by atoms with van der Waals surface area (Å²) in [5.74, 6) is 1.12. The highest BCUT2D eigenvalue weighted by molar-refractivity contribution is 5.73. The Bertz CT molecular complexity index is 840. The van der Waals surface area contributed by atoms with E-state index in [1.807, 2.05) is 24.4 Å². The lowest BCUT2D eigenvalue weighted by molar-refractivity contribution is 0.198. The highest BCUT2D eigenvalue weighted by Crippen LogP contribution is 2.37. The number of ether oxygens (including phenoxy) is 1. The fourth-order valence-corrected chi connectivity index (χ4v) is 3.65. The zero-order chi connectivity index (χ0) is 18.1. The second kappa shape index (κ2) is 6.96. The number of nitrogens with zero attached hydrogens (tertiary/aromatic N) is 2. The zero-order valence-electron chi connectivity index (χ0n) is 14.7. The van der Waals surface area contributed by atoms with E-state index in [1.165, 1.54) is 6.07 Å². The molecule has 5 nitrogen and oxygen atoms in total. The van der Waals surface area contributed by atoms with Crippen LogP contribution in [0.4, 0.5) is 10.2 Å². The topological polar surface area (TPSA) is 57.6 Å². The van der Waals surface area contributed by atoms with Crippen molar-refractivity contribution in [1.29, 1.82) is 0 Å². The molecule has 1 aromatic carbocycles. The molecule has 0 radical (unpaired) electrons. The van der Waals surface area contributed by atoms with Crippen molar-refractivity contribution in [2.45, 2.75) is 25.0 Å². The van der Waals surface area contributed by atoms with Crippen molar-refractivity contribution >= 4 is 11.4 Å². The third-order valence-electron chi connectivity index (χ3n) is 5.00. The quantitative estimate of drug-likeness (QED) is 0.883. The molecule has 2 atom stereocenters. The summed E-state index contributed by atoms with van der Waals surface area (Å²) in [5, 5.41) is 13.1. The second-order valence-corrected chi connectivity index (χ2v) is 6.72. The number of rotatable bonds is 4. The van der Waals surface area contributed by atoms with Gasteiger partial charge in [0.15, 0.2) is 0 Å². The fourth-order valence-electron chi connectivity index (χ4n) is 3.65.